The fourth-order valence-corrected chi connectivity index (χ4v) is 1.42. The minimum absolute atomic E-state index is 0.365. The fourth-order valence-electron chi connectivity index (χ4n) is 1.42. The molecule has 1 aliphatic heterocycles. The molecule has 1 aliphatic rings. The summed E-state index contributed by atoms with van der Waals surface area (Å²) in [5.41, 5.74) is 0. The van der Waals surface area contributed by atoms with Crippen LogP contribution in [0.15, 0.2) is 0 Å². The van der Waals surface area contributed by atoms with Gasteiger partial charge in [0, 0.05) is 12.3 Å². The highest BCUT2D eigenvalue weighted by molar-refractivity contribution is 4.72. The van der Waals surface area contributed by atoms with Gasteiger partial charge in [0.15, 0.2) is 0 Å². The van der Waals surface area contributed by atoms with Crippen LogP contribution in [0, 0.1) is 5.92 Å². The maximum absolute atomic E-state index is 8.78. The third-order valence-electron chi connectivity index (χ3n) is 1.98. The lowest BCUT2D eigenvalue weighted by Crippen LogP contribution is -2.38. The number of piperidine rings is 1. The zero-order chi connectivity index (χ0) is 6.69. The van der Waals surface area contributed by atoms with Crippen LogP contribution in [-0.4, -0.2) is 31.9 Å². The van der Waals surface area contributed by atoms with Gasteiger partial charge in [-0.15, -0.1) is 0 Å². The predicted molar refractivity (Wildman–Crippen MR) is 37.6 cm³/mol. The number of aliphatic hydroxyl groups is 1. The van der Waals surface area contributed by atoms with Crippen LogP contribution < -0.4 is 4.90 Å². The maximum Gasteiger partial charge on any atom is 0.127 e. The van der Waals surface area contributed by atoms with Crippen LogP contribution in [-0.2, 0) is 0 Å². The van der Waals surface area contributed by atoms with Crippen molar-refractivity contribution in [1.82, 2.24) is 4.90 Å². The monoisotopic (exact) mass is 129 g/mol. The van der Waals surface area contributed by atoms with Crippen molar-refractivity contribution in [1.29, 1.82) is 0 Å². The SMILES string of the molecule is C[N+]1CCCC(CO)C1. The van der Waals surface area contributed by atoms with Gasteiger partial charge in [0.25, 0.3) is 0 Å². The van der Waals surface area contributed by atoms with E-state index in [1.54, 1.807) is 0 Å². The molecular weight excluding hydrogens is 114 g/mol. The van der Waals surface area contributed by atoms with Gasteiger partial charge in [-0.25, -0.2) is 0 Å². The van der Waals surface area contributed by atoms with E-state index in [2.05, 4.69) is 11.9 Å². The summed E-state index contributed by atoms with van der Waals surface area (Å²) in [5, 5.41) is 8.78. The minimum Gasteiger partial charge on any atom is -0.396 e. The van der Waals surface area contributed by atoms with E-state index in [1.807, 2.05) is 0 Å². The van der Waals surface area contributed by atoms with Crippen molar-refractivity contribution in [2.45, 2.75) is 12.8 Å². The Morgan fingerprint density at radius 3 is 2.89 bits per heavy atom. The number of rotatable bonds is 1. The quantitative estimate of drug-likeness (QED) is 0.501. The van der Waals surface area contributed by atoms with Gasteiger partial charge < -0.3 is 5.11 Å². The van der Waals surface area contributed by atoms with E-state index in [-0.39, 0.29) is 0 Å². The highest BCUT2D eigenvalue weighted by atomic mass is 16.3. The Morgan fingerprint density at radius 2 is 2.44 bits per heavy atom. The molecule has 0 aromatic carbocycles. The van der Waals surface area contributed by atoms with E-state index in [1.165, 1.54) is 19.4 Å². The van der Waals surface area contributed by atoms with Crippen molar-refractivity contribution in [3.63, 3.8) is 0 Å². The van der Waals surface area contributed by atoms with Crippen molar-refractivity contribution in [3.8, 4) is 0 Å². The summed E-state index contributed by atoms with van der Waals surface area (Å²) in [6.45, 7) is 2.65. The molecule has 0 spiro atoms. The Labute approximate surface area is 56.5 Å². The van der Waals surface area contributed by atoms with Crippen LogP contribution in [0.4, 0.5) is 0 Å². The summed E-state index contributed by atoms with van der Waals surface area (Å²) in [7, 11) is 2.11. The first-order valence-corrected chi connectivity index (χ1v) is 3.62. The zero-order valence-corrected chi connectivity index (χ0v) is 6.01. The second kappa shape index (κ2) is 3.18. The molecule has 1 radical (unpaired) electrons. The Kier molecular flexibility index (Phi) is 2.49. The van der Waals surface area contributed by atoms with Gasteiger partial charge in [0.05, 0.1) is 6.61 Å². The lowest BCUT2D eigenvalue weighted by molar-refractivity contribution is 0.175. The van der Waals surface area contributed by atoms with E-state index in [0.717, 1.165) is 6.54 Å². The summed E-state index contributed by atoms with van der Waals surface area (Å²) >= 11 is 0. The predicted octanol–water partition coefficient (Wildman–Crippen LogP) is 0.159. The van der Waals surface area contributed by atoms with Gasteiger partial charge in [0.1, 0.15) is 20.1 Å². The summed E-state index contributed by atoms with van der Waals surface area (Å²) in [6.07, 6.45) is 2.46. The standard InChI is InChI=1S/C7H15NO/c1-8-4-2-3-7(5-8)6-9/h7,9H,2-6H2,1H3/q+1. The van der Waals surface area contributed by atoms with E-state index in [0.29, 0.717) is 12.5 Å². The van der Waals surface area contributed by atoms with Crippen molar-refractivity contribution in [2.24, 2.45) is 5.92 Å². The van der Waals surface area contributed by atoms with Crippen molar-refractivity contribution in [2.75, 3.05) is 26.7 Å². The third-order valence-corrected chi connectivity index (χ3v) is 1.98. The van der Waals surface area contributed by atoms with Crippen LogP contribution >= 0.6 is 0 Å². The van der Waals surface area contributed by atoms with Crippen LogP contribution in [0.25, 0.3) is 0 Å². The summed E-state index contributed by atoms with van der Waals surface area (Å²) < 4.78 is 0. The first kappa shape index (κ1) is 7.03. The van der Waals surface area contributed by atoms with Crippen molar-refractivity contribution >= 4 is 0 Å². The Morgan fingerprint density at radius 1 is 1.67 bits per heavy atom. The molecule has 0 saturated carbocycles. The van der Waals surface area contributed by atoms with E-state index in [4.69, 9.17) is 5.11 Å². The molecule has 1 saturated heterocycles. The zero-order valence-electron chi connectivity index (χ0n) is 6.01. The molecule has 53 valence electrons. The van der Waals surface area contributed by atoms with Crippen LogP contribution in [0.5, 0.6) is 0 Å². The van der Waals surface area contributed by atoms with E-state index in [9.17, 15) is 0 Å². The second-order valence-electron chi connectivity index (χ2n) is 2.95. The summed E-state index contributed by atoms with van der Waals surface area (Å²) in [4.78, 5) is 2.28. The molecule has 9 heavy (non-hydrogen) atoms. The first-order chi connectivity index (χ1) is 4.33. The van der Waals surface area contributed by atoms with Crippen molar-refractivity contribution in [3.05, 3.63) is 0 Å². The molecule has 0 aliphatic carbocycles. The van der Waals surface area contributed by atoms with Crippen LogP contribution in [0.3, 0.4) is 0 Å². The third kappa shape index (κ3) is 1.95. The van der Waals surface area contributed by atoms with Gasteiger partial charge in [-0.2, -0.15) is 4.90 Å². The molecule has 2 heteroatoms. The Balaban J connectivity index is 2.23. The van der Waals surface area contributed by atoms with Crippen LogP contribution in [0.1, 0.15) is 12.8 Å². The molecule has 0 aromatic heterocycles. The number of likely N-dealkylation sites (tertiary alicyclic amines) is 1. The lowest BCUT2D eigenvalue weighted by Gasteiger charge is -2.19. The molecular formula is C7H15NO+. The number of hydrogen-bond donors (Lipinski definition) is 1. The molecule has 1 rings (SSSR count). The minimum atomic E-state index is 0.365. The van der Waals surface area contributed by atoms with Gasteiger partial charge in [-0.1, -0.05) is 0 Å². The molecule has 0 bridgehead atoms. The molecule has 1 fully saturated rings. The van der Waals surface area contributed by atoms with E-state index < -0.39 is 0 Å². The van der Waals surface area contributed by atoms with Gasteiger partial charge >= 0.3 is 0 Å². The van der Waals surface area contributed by atoms with Gasteiger partial charge in [0.2, 0.25) is 0 Å². The molecule has 0 aromatic rings. The molecule has 0 amide bonds. The molecule has 1 unspecified atom stereocenters. The average molecular weight is 129 g/mol. The van der Waals surface area contributed by atoms with Crippen molar-refractivity contribution < 1.29 is 5.11 Å². The molecule has 2 nitrogen and oxygen atoms in total. The maximum atomic E-state index is 8.78. The second-order valence-corrected chi connectivity index (χ2v) is 2.95. The summed E-state index contributed by atoms with van der Waals surface area (Å²) in [5.74, 6) is 0.545. The smallest absolute Gasteiger partial charge is 0.127 e. The molecule has 1 heterocycles. The highest BCUT2D eigenvalue weighted by Crippen LogP contribution is 2.11. The Hall–Kier alpha value is -0.0800. The number of aliphatic hydroxyl groups excluding tert-OH is 1. The lowest BCUT2D eigenvalue weighted by atomic mass is 10.00. The molecule has 1 atom stereocenters. The van der Waals surface area contributed by atoms with Gasteiger partial charge in [-0.05, 0) is 6.42 Å². The first-order valence-electron chi connectivity index (χ1n) is 3.62. The average Bonchev–Trinajstić information content (AvgIpc) is 1.88. The van der Waals surface area contributed by atoms with Crippen LogP contribution in [0.2, 0.25) is 0 Å². The van der Waals surface area contributed by atoms with Gasteiger partial charge in [-0.3, -0.25) is 0 Å². The molecule has 1 N–H and O–H groups in total. The topological polar surface area (TPSA) is 26.1 Å². The number of nitrogens with zero attached hydrogens (tertiary/aromatic N) is 1. The summed E-state index contributed by atoms with van der Waals surface area (Å²) in [6, 6.07) is 0. The fraction of sp³-hybridized carbons (Fsp3) is 1.00. The normalized spacial score (nSPS) is 30.7. The Bertz CT molecular complexity index is 85.0. The number of hydrogen-bond acceptors (Lipinski definition) is 2. The highest BCUT2D eigenvalue weighted by Gasteiger charge is 2.22. The largest absolute Gasteiger partial charge is 0.396 e. The van der Waals surface area contributed by atoms with E-state index >= 15 is 0 Å².